The molecular weight excluding hydrogens is 205 g/mol. The van der Waals surface area contributed by atoms with E-state index in [0.29, 0.717) is 0 Å². The number of hydrogen-bond donors (Lipinski definition) is 4. The van der Waals surface area contributed by atoms with E-state index >= 15 is 0 Å². The molecule has 0 aliphatic rings. The van der Waals surface area contributed by atoms with Gasteiger partial charge in [-0.05, 0) is 0 Å². The summed E-state index contributed by atoms with van der Waals surface area (Å²) in [6, 6.07) is -1.37. The Balaban J connectivity index is -0.000000720. The minimum atomic E-state index is -1.39. The Morgan fingerprint density at radius 1 is 1.14 bits per heavy atom. The van der Waals surface area contributed by atoms with Crippen LogP contribution in [0.3, 0.4) is 0 Å². The second-order valence-corrected chi connectivity index (χ2v) is 2.26. The zero-order valence-corrected chi connectivity index (χ0v) is 9.56. The van der Waals surface area contributed by atoms with Crippen LogP contribution in [0.25, 0.3) is 0 Å². The number of rotatable bonds is 6. The Kier molecular flexibility index (Phi) is 8.75. The van der Waals surface area contributed by atoms with Crippen LogP contribution in [0, 0.1) is 0 Å². The van der Waals surface area contributed by atoms with Gasteiger partial charge < -0.3 is 16.7 Å². The van der Waals surface area contributed by atoms with Crippen molar-refractivity contribution in [2.45, 2.75) is 12.5 Å². The van der Waals surface area contributed by atoms with E-state index in [1.807, 2.05) is 0 Å². The third-order valence-electron chi connectivity index (χ3n) is 1.18. The van der Waals surface area contributed by atoms with Crippen molar-refractivity contribution in [2.75, 3.05) is 6.54 Å². The first-order valence-corrected chi connectivity index (χ1v) is 3.33. The first kappa shape index (κ1) is 15.8. The Morgan fingerprint density at radius 2 is 1.64 bits per heavy atom. The molecule has 1 atom stereocenters. The van der Waals surface area contributed by atoms with E-state index in [4.69, 9.17) is 15.3 Å². The van der Waals surface area contributed by atoms with Crippen molar-refractivity contribution in [1.82, 2.24) is 5.32 Å². The molecule has 0 spiro atoms. The fourth-order valence-electron chi connectivity index (χ4n) is 0.632. The van der Waals surface area contributed by atoms with Gasteiger partial charge in [0, 0.05) is 0 Å². The monoisotopic (exact) mass is 215 g/mol. The van der Waals surface area contributed by atoms with Crippen LogP contribution in [0.4, 0.5) is 0 Å². The molecule has 0 radical (unpaired) electrons. The SMILES string of the molecule is O=C(O)CN[C@@H](CC(=O)O)C(=O)O.[H-].[Na+]. The predicted octanol–water partition coefficient (Wildman–Crippen LogP) is -4.29. The normalized spacial score (nSPS) is 11.1. The summed E-state index contributed by atoms with van der Waals surface area (Å²) >= 11 is 0. The summed E-state index contributed by atoms with van der Waals surface area (Å²) in [5.41, 5.74) is 0. The molecular formula is C6H10NNaO6. The van der Waals surface area contributed by atoms with Crippen molar-refractivity contribution in [3.05, 3.63) is 0 Å². The van der Waals surface area contributed by atoms with E-state index in [1.54, 1.807) is 0 Å². The summed E-state index contributed by atoms with van der Waals surface area (Å²) < 4.78 is 0. The number of carboxylic acids is 3. The molecule has 0 heterocycles. The van der Waals surface area contributed by atoms with E-state index in [-0.39, 0.29) is 31.0 Å². The molecule has 8 heteroatoms. The molecule has 0 aliphatic heterocycles. The van der Waals surface area contributed by atoms with Gasteiger partial charge in [-0.15, -0.1) is 0 Å². The summed E-state index contributed by atoms with van der Waals surface area (Å²) in [5, 5.41) is 26.9. The topological polar surface area (TPSA) is 124 Å². The standard InChI is InChI=1S/C6H9NO6.Na.H/c8-4(9)1-3(6(12)13)7-2-5(10)11;;/h3,7H,1-2H2,(H,8,9)(H,10,11)(H,12,13);;/q;+1;-1/t3-;;/m0../s1. The quantitative estimate of drug-likeness (QED) is 0.330. The smallest absolute Gasteiger partial charge is 1.00 e. The first-order chi connectivity index (χ1) is 5.93. The molecule has 0 aromatic heterocycles. The molecule has 0 saturated carbocycles. The van der Waals surface area contributed by atoms with Crippen LogP contribution in [-0.4, -0.2) is 45.8 Å². The summed E-state index contributed by atoms with van der Waals surface area (Å²) in [5.74, 6) is -3.93. The Hall–Kier alpha value is -0.630. The Bertz CT molecular complexity index is 236. The molecule has 0 saturated heterocycles. The minimum absolute atomic E-state index is 0. The molecule has 0 fully saturated rings. The molecule has 7 nitrogen and oxygen atoms in total. The van der Waals surface area contributed by atoms with E-state index in [2.05, 4.69) is 5.32 Å². The Labute approximate surface area is 103 Å². The first-order valence-electron chi connectivity index (χ1n) is 3.33. The maximum Gasteiger partial charge on any atom is 1.00 e. The molecule has 0 rings (SSSR count). The van der Waals surface area contributed by atoms with Crippen molar-refractivity contribution in [3.8, 4) is 0 Å². The fraction of sp³-hybridized carbons (Fsp3) is 0.500. The zero-order chi connectivity index (χ0) is 10.4. The molecule has 0 aromatic carbocycles. The summed E-state index contributed by atoms with van der Waals surface area (Å²) in [6.45, 7) is -0.579. The number of carbonyl (C=O) groups is 3. The molecule has 0 unspecified atom stereocenters. The second kappa shape index (κ2) is 7.74. The van der Waals surface area contributed by atoms with Crippen molar-refractivity contribution < 1.29 is 60.7 Å². The number of carboxylic acid groups (broad SMARTS) is 3. The van der Waals surface area contributed by atoms with Crippen LogP contribution in [0.15, 0.2) is 0 Å². The number of aliphatic carboxylic acids is 3. The van der Waals surface area contributed by atoms with Gasteiger partial charge in [0.15, 0.2) is 0 Å². The van der Waals surface area contributed by atoms with Crippen LogP contribution in [0.1, 0.15) is 7.85 Å². The predicted molar refractivity (Wildman–Crippen MR) is 40.4 cm³/mol. The average Bonchev–Trinajstić information content (AvgIpc) is 1.96. The maximum atomic E-state index is 10.3. The summed E-state index contributed by atoms with van der Waals surface area (Å²) in [6.07, 6.45) is -0.650. The van der Waals surface area contributed by atoms with Crippen LogP contribution < -0.4 is 34.9 Å². The molecule has 14 heavy (non-hydrogen) atoms. The molecule has 0 bridgehead atoms. The molecule has 4 N–H and O–H groups in total. The van der Waals surface area contributed by atoms with Gasteiger partial charge in [-0.3, -0.25) is 19.7 Å². The maximum absolute atomic E-state index is 10.3. The van der Waals surface area contributed by atoms with Crippen LogP contribution in [0.5, 0.6) is 0 Å². The van der Waals surface area contributed by atoms with Gasteiger partial charge >= 0.3 is 47.5 Å². The van der Waals surface area contributed by atoms with Crippen LogP contribution in [0.2, 0.25) is 0 Å². The van der Waals surface area contributed by atoms with E-state index in [9.17, 15) is 14.4 Å². The van der Waals surface area contributed by atoms with Gasteiger partial charge in [0.1, 0.15) is 6.04 Å². The minimum Gasteiger partial charge on any atom is -1.00 e. The largest absolute Gasteiger partial charge is 1.00 e. The Morgan fingerprint density at radius 3 is 1.93 bits per heavy atom. The van der Waals surface area contributed by atoms with Gasteiger partial charge in [-0.1, -0.05) is 0 Å². The van der Waals surface area contributed by atoms with Crippen molar-refractivity contribution in [2.24, 2.45) is 0 Å². The fourth-order valence-corrected chi connectivity index (χ4v) is 0.632. The molecule has 0 amide bonds. The number of nitrogens with one attached hydrogen (secondary N) is 1. The summed E-state index contributed by atoms with van der Waals surface area (Å²) in [4.78, 5) is 30.4. The third-order valence-corrected chi connectivity index (χ3v) is 1.18. The zero-order valence-electron chi connectivity index (χ0n) is 8.56. The van der Waals surface area contributed by atoms with Crippen LogP contribution >= 0.6 is 0 Å². The molecule has 0 aromatic rings. The van der Waals surface area contributed by atoms with E-state index in [0.717, 1.165) is 0 Å². The average molecular weight is 215 g/mol. The number of hydrogen-bond acceptors (Lipinski definition) is 4. The van der Waals surface area contributed by atoms with Gasteiger partial charge in [-0.25, -0.2) is 0 Å². The van der Waals surface area contributed by atoms with E-state index in [1.165, 1.54) is 0 Å². The van der Waals surface area contributed by atoms with Crippen LogP contribution in [-0.2, 0) is 14.4 Å². The van der Waals surface area contributed by atoms with Gasteiger partial charge in [0.05, 0.1) is 13.0 Å². The van der Waals surface area contributed by atoms with Gasteiger partial charge in [0.25, 0.3) is 0 Å². The molecule has 76 valence electrons. The van der Waals surface area contributed by atoms with Crippen molar-refractivity contribution in [3.63, 3.8) is 0 Å². The van der Waals surface area contributed by atoms with E-state index < -0.39 is 36.9 Å². The molecule has 0 aliphatic carbocycles. The van der Waals surface area contributed by atoms with Crippen molar-refractivity contribution >= 4 is 17.9 Å². The summed E-state index contributed by atoms with van der Waals surface area (Å²) in [7, 11) is 0. The van der Waals surface area contributed by atoms with Gasteiger partial charge in [0.2, 0.25) is 0 Å². The van der Waals surface area contributed by atoms with Gasteiger partial charge in [-0.2, -0.15) is 0 Å². The third kappa shape index (κ3) is 7.99. The second-order valence-electron chi connectivity index (χ2n) is 2.26. The van der Waals surface area contributed by atoms with Crippen molar-refractivity contribution in [1.29, 1.82) is 0 Å².